The molecule has 3 amide bonds. The SMILES string of the molecule is COc1ccc(N2C(=O)C3Sc4c(sc(=O)n4CC(=O)N4CCOCC4)[C@H](c4ccc(N(C)C)cc4)C3C2=O)cc1. The van der Waals surface area contributed by atoms with Crippen molar-refractivity contribution in [1.82, 2.24) is 9.47 Å². The second kappa shape index (κ2) is 11.0. The van der Waals surface area contributed by atoms with Crippen molar-refractivity contribution in [3.05, 3.63) is 68.6 Å². The Morgan fingerprint density at radius 2 is 1.68 bits per heavy atom. The van der Waals surface area contributed by atoms with E-state index in [4.69, 9.17) is 9.47 Å². The lowest BCUT2D eigenvalue weighted by Gasteiger charge is -2.31. The number of carbonyl (C=O) groups is 3. The van der Waals surface area contributed by atoms with Crippen LogP contribution in [0.5, 0.6) is 5.75 Å². The van der Waals surface area contributed by atoms with Crippen molar-refractivity contribution in [2.45, 2.75) is 22.7 Å². The number of aromatic nitrogens is 1. The number of thioether (sulfide) groups is 1. The van der Waals surface area contributed by atoms with E-state index in [2.05, 4.69) is 0 Å². The molecule has 0 saturated carbocycles. The zero-order chi connectivity index (χ0) is 28.8. The van der Waals surface area contributed by atoms with E-state index < -0.39 is 17.1 Å². The van der Waals surface area contributed by atoms with E-state index in [-0.39, 0.29) is 29.1 Å². The van der Waals surface area contributed by atoms with Crippen LogP contribution in [0.25, 0.3) is 0 Å². The predicted octanol–water partition coefficient (Wildman–Crippen LogP) is 2.64. The molecule has 6 rings (SSSR count). The van der Waals surface area contributed by atoms with E-state index in [1.807, 2.05) is 43.3 Å². The van der Waals surface area contributed by atoms with Crippen LogP contribution in [0.3, 0.4) is 0 Å². The van der Waals surface area contributed by atoms with Crippen LogP contribution in [0, 0.1) is 5.92 Å². The van der Waals surface area contributed by atoms with Crippen molar-refractivity contribution >= 4 is 52.2 Å². The Morgan fingerprint density at radius 1 is 1.00 bits per heavy atom. The molecule has 3 aliphatic heterocycles. The number of hydrogen-bond donors (Lipinski definition) is 0. The quantitative estimate of drug-likeness (QED) is 0.402. The number of morpholine rings is 1. The summed E-state index contributed by atoms with van der Waals surface area (Å²) in [5, 5.41) is -0.156. The minimum Gasteiger partial charge on any atom is -0.497 e. The molecule has 2 saturated heterocycles. The number of imide groups is 1. The third-order valence-electron chi connectivity index (χ3n) is 7.81. The van der Waals surface area contributed by atoms with E-state index in [9.17, 15) is 19.2 Å². The molecule has 2 aromatic carbocycles. The van der Waals surface area contributed by atoms with Gasteiger partial charge in [-0.1, -0.05) is 35.2 Å². The second-order valence-electron chi connectivity index (χ2n) is 10.4. The van der Waals surface area contributed by atoms with E-state index in [0.717, 1.165) is 22.6 Å². The van der Waals surface area contributed by atoms with Crippen molar-refractivity contribution in [1.29, 1.82) is 0 Å². The third-order valence-corrected chi connectivity index (χ3v) is 10.4. The first-order chi connectivity index (χ1) is 19.8. The van der Waals surface area contributed by atoms with Gasteiger partial charge in [0.25, 0.3) is 0 Å². The number of ether oxygens (including phenoxy) is 2. The smallest absolute Gasteiger partial charge is 0.308 e. The molecular formula is C29H30N4O6S2. The van der Waals surface area contributed by atoms with Gasteiger partial charge < -0.3 is 19.3 Å². The number of carbonyl (C=O) groups excluding carboxylic acids is 3. The van der Waals surface area contributed by atoms with E-state index in [1.165, 1.54) is 21.2 Å². The zero-order valence-electron chi connectivity index (χ0n) is 22.9. The van der Waals surface area contributed by atoms with Gasteiger partial charge in [-0.25, -0.2) is 4.90 Å². The molecule has 214 valence electrons. The highest BCUT2D eigenvalue weighted by atomic mass is 32.2. The zero-order valence-corrected chi connectivity index (χ0v) is 24.6. The first-order valence-corrected chi connectivity index (χ1v) is 15.0. The Labute approximate surface area is 245 Å². The fourth-order valence-corrected chi connectivity index (χ4v) is 8.40. The largest absolute Gasteiger partial charge is 0.497 e. The van der Waals surface area contributed by atoms with Crippen LogP contribution in [-0.2, 0) is 25.7 Å². The number of thiazole rings is 1. The van der Waals surface area contributed by atoms with Gasteiger partial charge in [-0.05, 0) is 42.0 Å². The van der Waals surface area contributed by atoms with Crippen LogP contribution in [0.1, 0.15) is 16.4 Å². The lowest BCUT2D eigenvalue weighted by Crippen LogP contribution is -2.43. The van der Waals surface area contributed by atoms with E-state index in [0.29, 0.717) is 47.6 Å². The van der Waals surface area contributed by atoms with Crippen molar-refractivity contribution < 1.29 is 23.9 Å². The fraction of sp³-hybridized carbons (Fsp3) is 0.379. The first kappa shape index (κ1) is 27.6. The average molecular weight is 595 g/mol. The molecule has 12 heteroatoms. The topological polar surface area (TPSA) is 101 Å². The van der Waals surface area contributed by atoms with Crippen molar-refractivity contribution in [3.63, 3.8) is 0 Å². The summed E-state index contributed by atoms with van der Waals surface area (Å²) in [7, 11) is 5.45. The second-order valence-corrected chi connectivity index (χ2v) is 12.5. The van der Waals surface area contributed by atoms with Crippen LogP contribution >= 0.6 is 23.1 Å². The van der Waals surface area contributed by atoms with Gasteiger partial charge in [-0.2, -0.15) is 0 Å². The summed E-state index contributed by atoms with van der Waals surface area (Å²) < 4.78 is 12.1. The molecule has 1 aromatic heterocycles. The highest BCUT2D eigenvalue weighted by Crippen LogP contribution is 2.54. The molecule has 10 nitrogen and oxygen atoms in total. The Hall–Kier alpha value is -3.61. The molecule has 0 aliphatic carbocycles. The lowest BCUT2D eigenvalue weighted by atomic mass is 9.83. The maximum atomic E-state index is 14.0. The van der Waals surface area contributed by atoms with Gasteiger partial charge in [-0.3, -0.25) is 23.7 Å². The standard InChI is InChI=1S/C29H30N4O6S2/c1-30(2)18-6-4-17(5-7-18)22-23-24(27(36)33(26(23)35)19-8-10-20(38-3)11-9-19)40-28-25(22)41-29(37)32(28)16-21(34)31-12-14-39-15-13-31/h4-11,22-24H,12-16H2,1-3H3/t22-,23?,24?/m1/s1. The van der Waals surface area contributed by atoms with Crippen molar-refractivity contribution in [3.8, 4) is 5.75 Å². The molecule has 0 N–H and O–H groups in total. The van der Waals surface area contributed by atoms with Gasteiger partial charge in [0.15, 0.2) is 0 Å². The minimum absolute atomic E-state index is 0.119. The van der Waals surface area contributed by atoms with Gasteiger partial charge in [0.05, 0.1) is 37.0 Å². The van der Waals surface area contributed by atoms with Gasteiger partial charge in [0, 0.05) is 43.7 Å². The molecule has 0 bridgehead atoms. The van der Waals surface area contributed by atoms with Gasteiger partial charge in [-0.15, -0.1) is 0 Å². The predicted molar refractivity (Wildman–Crippen MR) is 157 cm³/mol. The summed E-state index contributed by atoms with van der Waals surface area (Å²) in [6, 6.07) is 14.7. The number of anilines is 2. The Balaban J connectivity index is 1.42. The van der Waals surface area contributed by atoms with Crippen LogP contribution in [-0.4, -0.2) is 79.9 Å². The monoisotopic (exact) mass is 594 g/mol. The molecule has 0 radical (unpaired) electrons. The van der Waals surface area contributed by atoms with Crippen LogP contribution in [0.15, 0.2) is 58.4 Å². The van der Waals surface area contributed by atoms with Crippen LogP contribution in [0.4, 0.5) is 11.4 Å². The maximum absolute atomic E-state index is 14.0. The molecule has 0 spiro atoms. The highest BCUT2D eigenvalue weighted by Gasteiger charge is 2.56. The van der Waals surface area contributed by atoms with Crippen LogP contribution in [0.2, 0.25) is 0 Å². The third kappa shape index (κ3) is 4.83. The summed E-state index contributed by atoms with van der Waals surface area (Å²) in [6.07, 6.45) is 0. The molecule has 3 atom stereocenters. The number of rotatable bonds is 6. The summed E-state index contributed by atoms with van der Waals surface area (Å²) >= 11 is 2.28. The van der Waals surface area contributed by atoms with E-state index >= 15 is 0 Å². The van der Waals surface area contributed by atoms with Crippen molar-refractivity contribution in [2.24, 2.45) is 5.92 Å². The maximum Gasteiger partial charge on any atom is 0.308 e. The number of nitrogens with zero attached hydrogens (tertiary/aromatic N) is 4. The molecule has 3 aliphatic rings. The van der Waals surface area contributed by atoms with Crippen molar-refractivity contribution in [2.75, 3.05) is 57.3 Å². The molecule has 4 heterocycles. The Bertz CT molecular complexity index is 1540. The molecule has 41 heavy (non-hydrogen) atoms. The number of methoxy groups -OCH3 is 1. The van der Waals surface area contributed by atoms with Gasteiger partial charge in [0.1, 0.15) is 17.5 Å². The number of fused-ring (bicyclic) bond motifs is 2. The van der Waals surface area contributed by atoms with Gasteiger partial charge in [0.2, 0.25) is 17.7 Å². The normalized spacial score (nSPS) is 22.0. The van der Waals surface area contributed by atoms with Gasteiger partial charge >= 0.3 is 4.87 Å². The summed E-state index contributed by atoms with van der Waals surface area (Å²) in [5.74, 6) is -1.39. The summed E-state index contributed by atoms with van der Waals surface area (Å²) in [5.41, 5.74) is 2.31. The number of amides is 3. The summed E-state index contributed by atoms with van der Waals surface area (Å²) in [6.45, 7) is 1.75. The first-order valence-electron chi connectivity index (χ1n) is 13.3. The summed E-state index contributed by atoms with van der Waals surface area (Å²) in [4.78, 5) is 59.8. The average Bonchev–Trinajstić information content (AvgIpc) is 3.43. The Kier molecular flexibility index (Phi) is 7.39. The number of benzene rings is 2. The fourth-order valence-electron chi connectivity index (χ4n) is 5.63. The highest BCUT2D eigenvalue weighted by molar-refractivity contribution is 8.00. The molecular weight excluding hydrogens is 564 g/mol. The lowest BCUT2D eigenvalue weighted by molar-refractivity contribution is -0.136. The molecule has 2 fully saturated rings. The van der Waals surface area contributed by atoms with Crippen LogP contribution < -0.4 is 19.4 Å². The molecule has 2 unspecified atom stereocenters. The number of hydrogen-bond acceptors (Lipinski definition) is 9. The Morgan fingerprint density at radius 3 is 2.32 bits per heavy atom. The van der Waals surface area contributed by atoms with E-state index in [1.54, 1.807) is 36.3 Å². The molecule has 3 aromatic rings. The minimum atomic E-state index is -0.741.